The zero-order valence-corrected chi connectivity index (χ0v) is 10.5. The van der Waals surface area contributed by atoms with Gasteiger partial charge < -0.3 is 5.73 Å². The first-order valence-corrected chi connectivity index (χ1v) is 6.66. The quantitative estimate of drug-likeness (QED) is 0.657. The molecule has 0 aromatic heterocycles. The van der Waals surface area contributed by atoms with Crippen LogP contribution in [0.5, 0.6) is 0 Å². The number of nitrogens with two attached hydrogens (primary N) is 1. The van der Waals surface area contributed by atoms with E-state index in [1.54, 1.807) is 12.1 Å². The van der Waals surface area contributed by atoms with Gasteiger partial charge in [0.1, 0.15) is 0 Å². The SMILES string of the molecule is NC1CCCCC1CCc1ccc([N+](=O)[O-])cc1. The minimum atomic E-state index is -0.360. The molecule has 0 radical (unpaired) electrons. The average molecular weight is 248 g/mol. The Bertz CT molecular complexity index is 403. The molecule has 2 atom stereocenters. The van der Waals surface area contributed by atoms with E-state index in [2.05, 4.69) is 0 Å². The predicted molar refractivity (Wildman–Crippen MR) is 71.4 cm³/mol. The number of benzene rings is 1. The summed E-state index contributed by atoms with van der Waals surface area (Å²) in [6.45, 7) is 0. The van der Waals surface area contributed by atoms with Crippen LogP contribution in [0.3, 0.4) is 0 Å². The van der Waals surface area contributed by atoms with Gasteiger partial charge in [0.25, 0.3) is 5.69 Å². The van der Waals surface area contributed by atoms with Crippen molar-refractivity contribution in [1.82, 2.24) is 0 Å². The molecular formula is C14H20N2O2. The van der Waals surface area contributed by atoms with Crippen LogP contribution in [0, 0.1) is 16.0 Å². The summed E-state index contributed by atoms with van der Waals surface area (Å²) in [4.78, 5) is 10.2. The second-order valence-electron chi connectivity index (χ2n) is 5.17. The summed E-state index contributed by atoms with van der Waals surface area (Å²) in [5.41, 5.74) is 7.44. The number of rotatable bonds is 4. The van der Waals surface area contributed by atoms with Crippen LogP contribution in [0.15, 0.2) is 24.3 Å². The van der Waals surface area contributed by atoms with Gasteiger partial charge in [-0.05, 0) is 37.2 Å². The van der Waals surface area contributed by atoms with Gasteiger partial charge in [-0.1, -0.05) is 25.0 Å². The Kier molecular flexibility index (Phi) is 4.31. The number of hydrogen-bond donors (Lipinski definition) is 1. The van der Waals surface area contributed by atoms with Crippen molar-refractivity contribution >= 4 is 5.69 Å². The Hall–Kier alpha value is -1.42. The normalized spacial score (nSPS) is 23.8. The molecule has 1 aromatic carbocycles. The molecule has 1 aliphatic rings. The van der Waals surface area contributed by atoms with Crippen molar-refractivity contribution in [1.29, 1.82) is 0 Å². The van der Waals surface area contributed by atoms with Crippen molar-refractivity contribution in [2.45, 2.75) is 44.6 Å². The Morgan fingerprint density at radius 1 is 1.22 bits per heavy atom. The summed E-state index contributed by atoms with van der Waals surface area (Å²) in [5, 5.41) is 10.5. The van der Waals surface area contributed by atoms with E-state index >= 15 is 0 Å². The van der Waals surface area contributed by atoms with E-state index in [0.717, 1.165) is 19.3 Å². The lowest BCUT2D eigenvalue weighted by Crippen LogP contribution is -2.33. The van der Waals surface area contributed by atoms with Gasteiger partial charge in [0.15, 0.2) is 0 Å². The summed E-state index contributed by atoms with van der Waals surface area (Å²) in [5.74, 6) is 0.619. The molecule has 0 heterocycles. The van der Waals surface area contributed by atoms with Crippen molar-refractivity contribution in [2.24, 2.45) is 11.7 Å². The van der Waals surface area contributed by atoms with E-state index in [1.807, 2.05) is 12.1 Å². The van der Waals surface area contributed by atoms with Crippen LogP contribution >= 0.6 is 0 Å². The van der Waals surface area contributed by atoms with Crippen LogP contribution in [0.4, 0.5) is 5.69 Å². The van der Waals surface area contributed by atoms with E-state index in [4.69, 9.17) is 5.73 Å². The monoisotopic (exact) mass is 248 g/mol. The molecule has 0 bridgehead atoms. The smallest absolute Gasteiger partial charge is 0.269 e. The minimum Gasteiger partial charge on any atom is -0.327 e. The van der Waals surface area contributed by atoms with E-state index in [9.17, 15) is 10.1 Å². The molecule has 0 spiro atoms. The van der Waals surface area contributed by atoms with Gasteiger partial charge in [-0.2, -0.15) is 0 Å². The summed E-state index contributed by atoms with van der Waals surface area (Å²) in [6, 6.07) is 7.21. The summed E-state index contributed by atoms with van der Waals surface area (Å²) >= 11 is 0. The standard InChI is InChI=1S/C14H20N2O2/c15-14-4-2-1-3-12(14)8-5-11-6-9-13(10-7-11)16(17)18/h6-7,9-10,12,14H,1-5,8,15H2. The lowest BCUT2D eigenvalue weighted by molar-refractivity contribution is -0.384. The highest BCUT2D eigenvalue weighted by Gasteiger charge is 2.21. The third-order valence-electron chi connectivity index (χ3n) is 3.92. The molecule has 4 heteroatoms. The Balaban J connectivity index is 1.87. The molecule has 2 unspecified atom stereocenters. The maximum absolute atomic E-state index is 10.5. The molecule has 18 heavy (non-hydrogen) atoms. The third-order valence-corrected chi connectivity index (χ3v) is 3.92. The summed E-state index contributed by atoms with van der Waals surface area (Å²) in [6.07, 6.45) is 6.99. The summed E-state index contributed by atoms with van der Waals surface area (Å²) < 4.78 is 0. The lowest BCUT2D eigenvalue weighted by Gasteiger charge is -2.28. The van der Waals surface area contributed by atoms with Crippen LogP contribution < -0.4 is 5.73 Å². The van der Waals surface area contributed by atoms with Crippen LogP contribution in [0.2, 0.25) is 0 Å². The Morgan fingerprint density at radius 2 is 1.89 bits per heavy atom. The second-order valence-corrected chi connectivity index (χ2v) is 5.17. The maximum atomic E-state index is 10.5. The molecule has 2 N–H and O–H groups in total. The zero-order valence-electron chi connectivity index (χ0n) is 10.5. The first-order valence-electron chi connectivity index (χ1n) is 6.66. The van der Waals surface area contributed by atoms with Crippen LogP contribution in [-0.2, 0) is 6.42 Å². The number of nitro groups is 1. The van der Waals surface area contributed by atoms with Crippen molar-refractivity contribution in [3.05, 3.63) is 39.9 Å². The molecule has 2 rings (SSSR count). The zero-order chi connectivity index (χ0) is 13.0. The largest absolute Gasteiger partial charge is 0.327 e. The Morgan fingerprint density at radius 3 is 2.50 bits per heavy atom. The molecule has 4 nitrogen and oxygen atoms in total. The van der Waals surface area contributed by atoms with Gasteiger partial charge in [-0.3, -0.25) is 10.1 Å². The van der Waals surface area contributed by atoms with Crippen molar-refractivity contribution in [3.8, 4) is 0 Å². The fourth-order valence-electron chi connectivity index (χ4n) is 2.73. The molecule has 1 aromatic rings. The number of nitro benzene ring substituents is 1. The minimum absolute atomic E-state index is 0.160. The highest BCUT2D eigenvalue weighted by Crippen LogP contribution is 2.27. The van der Waals surface area contributed by atoms with Gasteiger partial charge in [0.05, 0.1) is 4.92 Å². The predicted octanol–water partition coefficient (Wildman–Crippen LogP) is 3.04. The van der Waals surface area contributed by atoms with Gasteiger partial charge >= 0.3 is 0 Å². The van der Waals surface area contributed by atoms with E-state index in [1.165, 1.54) is 24.8 Å². The van der Waals surface area contributed by atoms with Crippen LogP contribution in [0.1, 0.15) is 37.7 Å². The number of nitrogens with zero attached hydrogens (tertiary/aromatic N) is 1. The summed E-state index contributed by atoms with van der Waals surface area (Å²) in [7, 11) is 0. The molecule has 1 saturated carbocycles. The molecule has 1 fully saturated rings. The van der Waals surface area contributed by atoms with Gasteiger partial charge in [-0.15, -0.1) is 0 Å². The molecule has 0 saturated heterocycles. The van der Waals surface area contributed by atoms with E-state index < -0.39 is 0 Å². The highest BCUT2D eigenvalue weighted by molar-refractivity contribution is 5.32. The van der Waals surface area contributed by atoms with Gasteiger partial charge in [0.2, 0.25) is 0 Å². The van der Waals surface area contributed by atoms with E-state index in [-0.39, 0.29) is 10.6 Å². The van der Waals surface area contributed by atoms with Crippen molar-refractivity contribution in [3.63, 3.8) is 0 Å². The molecular weight excluding hydrogens is 228 g/mol. The van der Waals surface area contributed by atoms with Crippen LogP contribution in [0.25, 0.3) is 0 Å². The maximum Gasteiger partial charge on any atom is 0.269 e. The molecule has 0 amide bonds. The average Bonchev–Trinajstić information content (AvgIpc) is 2.38. The molecule has 0 aliphatic heterocycles. The fourth-order valence-corrected chi connectivity index (χ4v) is 2.73. The van der Waals surface area contributed by atoms with Gasteiger partial charge in [0, 0.05) is 18.2 Å². The van der Waals surface area contributed by atoms with E-state index in [0.29, 0.717) is 12.0 Å². The number of non-ortho nitro benzene ring substituents is 1. The lowest BCUT2D eigenvalue weighted by atomic mass is 9.81. The molecule has 98 valence electrons. The number of hydrogen-bond acceptors (Lipinski definition) is 3. The number of aryl methyl sites for hydroxylation is 1. The van der Waals surface area contributed by atoms with Crippen LogP contribution in [-0.4, -0.2) is 11.0 Å². The molecule has 1 aliphatic carbocycles. The van der Waals surface area contributed by atoms with Crippen molar-refractivity contribution < 1.29 is 4.92 Å². The third kappa shape index (κ3) is 3.29. The first kappa shape index (κ1) is 13.0. The second kappa shape index (κ2) is 5.96. The highest BCUT2D eigenvalue weighted by atomic mass is 16.6. The topological polar surface area (TPSA) is 69.2 Å². The fraction of sp³-hybridized carbons (Fsp3) is 0.571. The van der Waals surface area contributed by atoms with Crippen molar-refractivity contribution in [2.75, 3.05) is 0 Å². The van der Waals surface area contributed by atoms with Gasteiger partial charge in [-0.25, -0.2) is 0 Å². The first-order chi connectivity index (χ1) is 8.66. The Labute approximate surface area is 107 Å².